The summed E-state index contributed by atoms with van der Waals surface area (Å²) in [6.45, 7) is 3.79. The van der Waals surface area contributed by atoms with E-state index in [4.69, 9.17) is 52.8 Å². The molecule has 0 radical (unpaired) electrons. The quantitative estimate of drug-likeness (QED) is 0.0423. The van der Waals surface area contributed by atoms with E-state index in [-0.39, 0.29) is 135 Å². The highest BCUT2D eigenvalue weighted by atomic mass is 16.5. The second-order valence-corrected chi connectivity index (χ2v) is 11.2. The molecule has 0 spiro atoms. The number of ether oxygens (including phenoxy) is 6. The van der Waals surface area contributed by atoms with Crippen LogP contribution in [0.3, 0.4) is 0 Å². The van der Waals surface area contributed by atoms with E-state index in [1.807, 2.05) is 0 Å². The first-order valence-electron chi connectivity index (χ1n) is 17.3. The molecule has 0 unspecified atom stereocenters. The van der Waals surface area contributed by atoms with Gasteiger partial charge >= 0.3 is 5.97 Å². The maximum absolute atomic E-state index is 13.1. The number of aliphatic carboxylic acids is 1. The van der Waals surface area contributed by atoms with E-state index >= 15 is 0 Å². The first-order valence-corrected chi connectivity index (χ1v) is 17.3. The minimum Gasteiger partial charge on any atom is -0.481 e. The molecule has 0 saturated carbocycles. The van der Waals surface area contributed by atoms with Gasteiger partial charge in [0.05, 0.1) is 59.5 Å². The van der Waals surface area contributed by atoms with Crippen molar-refractivity contribution in [2.24, 2.45) is 0 Å². The average Bonchev–Trinajstić information content (AvgIpc) is 3.12. The van der Waals surface area contributed by atoms with Gasteiger partial charge in [-0.25, -0.2) is 0 Å². The van der Waals surface area contributed by atoms with E-state index in [2.05, 4.69) is 39.0 Å². The molecule has 0 aliphatic rings. The molecule has 5 N–H and O–H groups in total. The van der Waals surface area contributed by atoms with E-state index in [1.54, 1.807) is 0 Å². The van der Waals surface area contributed by atoms with Crippen LogP contribution in [0.1, 0.15) is 57.8 Å². The highest BCUT2D eigenvalue weighted by Gasteiger charge is 2.33. The number of terminal acetylenes is 3. The molecule has 16 heteroatoms. The summed E-state index contributed by atoms with van der Waals surface area (Å²) in [7, 11) is 0. The van der Waals surface area contributed by atoms with Crippen LogP contribution in [0.25, 0.3) is 0 Å². The molecule has 0 bridgehead atoms. The smallest absolute Gasteiger partial charge is 0.303 e. The third kappa shape index (κ3) is 30.6. The van der Waals surface area contributed by atoms with Crippen LogP contribution in [0.15, 0.2) is 0 Å². The number of hydrogen-bond acceptors (Lipinski definition) is 11. The third-order valence-electron chi connectivity index (χ3n) is 7.07. The third-order valence-corrected chi connectivity index (χ3v) is 7.07. The number of hydrogen-bond donors (Lipinski definition) is 5. The first kappa shape index (κ1) is 47.8. The Labute approximate surface area is 307 Å². The summed E-state index contributed by atoms with van der Waals surface area (Å²) in [5, 5.41) is 20.2. The van der Waals surface area contributed by atoms with Gasteiger partial charge in [-0.2, -0.15) is 0 Å². The maximum atomic E-state index is 13.1. The number of amides is 4. The van der Waals surface area contributed by atoms with E-state index in [0.29, 0.717) is 39.6 Å². The Bertz CT molecular complexity index is 1030. The number of carboxylic acid groups (broad SMARTS) is 1. The summed E-state index contributed by atoms with van der Waals surface area (Å²) in [5.41, 5.74) is -1.15. The van der Waals surface area contributed by atoms with Crippen LogP contribution in [0.5, 0.6) is 0 Å². The highest BCUT2D eigenvalue weighted by Crippen LogP contribution is 2.26. The standard InChI is InChI=1S/C36H56N4O12/c1-4-19-47-25-28-50-22-16-37-31(41)10-13-36(40-34(44)8-7-9-35(45)46,14-11-32(42)38-17-23-51-29-26-48-20-5-2)15-12-33(43)39-18-24-52-30-27-49-21-6-3/h1-3H,7-30H2,(H,37,41)(H,38,42)(H,39,43)(H,40,44)(H,45,46). The van der Waals surface area contributed by atoms with Crippen LogP contribution in [0, 0.1) is 37.0 Å². The molecule has 0 heterocycles. The molecule has 52 heavy (non-hydrogen) atoms. The molecule has 0 saturated heterocycles. The van der Waals surface area contributed by atoms with Gasteiger partial charge in [-0.1, -0.05) is 17.8 Å². The van der Waals surface area contributed by atoms with Crippen LogP contribution in [-0.4, -0.2) is 139 Å². The molecule has 16 nitrogen and oxygen atoms in total. The molecular weight excluding hydrogens is 680 g/mol. The number of nitrogens with one attached hydrogen (secondary N) is 4. The molecule has 0 atom stereocenters. The molecule has 4 amide bonds. The second kappa shape index (κ2) is 33.9. The minimum atomic E-state index is -1.15. The summed E-state index contributed by atoms with van der Waals surface area (Å²) in [4.78, 5) is 62.6. The van der Waals surface area contributed by atoms with Crippen molar-refractivity contribution in [2.75, 3.05) is 98.9 Å². The van der Waals surface area contributed by atoms with E-state index in [1.165, 1.54) is 0 Å². The zero-order valence-corrected chi connectivity index (χ0v) is 30.1. The van der Waals surface area contributed by atoms with Crippen molar-refractivity contribution in [2.45, 2.75) is 63.3 Å². The largest absolute Gasteiger partial charge is 0.481 e. The average molecular weight is 737 g/mol. The summed E-state index contributed by atoms with van der Waals surface area (Å²) in [6.07, 6.45) is 15.4. The monoisotopic (exact) mass is 736 g/mol. The minimum absolute atomic E-state index is 0.0326. The van der Waals surface area contributed by atoms with Crippen molar-refractivity contribution in [3.05, 3.63) is 0 Å². The van der Waals surface area contributed by atoms with Gasteiger partial charge < -0.3 is 54.8 Å². The highest BCUT2D eigenvalue weighted by molar-refractivity contribution is 5.80. The van der Waals surface area contributed by atoms with Crippen molar-refractivity contribution in [1.29, 1.82) is 0 Å². The summed E-state index contributed by atoms with van der Waals surface area (Å²) < 4.78 is 31.6. The molecule has 0 rings (SSSR count). The number of carboxylic acids is 1. The maximum Gasteiger partial charge on any atom is 0.303 e. The number of carbonyl (C=O) groups excluding carboxylic acids is 4. The van der Waals surface area contributed by atoms with Gasteiger partial charge in [-0.05, 0) is 25.7 Å². The summed E-state index contributed by atoms with van der Waals surface area (Å²) >= 11 is 0. The lowest BCUT2D eigenvalue weighted by molar-refractivity contribution is -0.137. The van der Waals surface area contributed by atoms with Gasteiger partial charge in [0.15, 0.2) is 0 Å². The Morgan fingerprint density at radius 3 is 1.15 bits per heavy atom. The molecule has 0 aromatic carbocycles. The zero-order valence-electron chi connectivity index (χ0n) is 30.1. The van der Waals surface area contributed by atoms with Crippen LogP contribution < -0.4 is 21.3 Å². The molecule has 0 aromatic heterocycles. The Balaban J connectivity index is 5.43. The van der Waals surface area contributed by atoms with E-state index in [9.17, 15) is 24.0 Å². The summed E-state index contributed by atoms with van der Waals surface area (Å²) in [6, 6.07) is 0. The molecule has 0 aromatic rings. The predicted octanol–water partition coefficient (Wildman–Crippen LogP) is -0.215. The van der Waals surface area contributed by atoms with Gasteiger partial charge in [0.25, 0.3) is 0 Å². The Hall–Kier alpha value is -4.21. The van der Waals surface area contributed by atoms with Crippen molar-refractivity contribution >= 4 is 29.6 Å². The van der Waals surface area contributed by atoms with Gasteiger partial charge in [-0.15, -0.1) is 19.3 Å². The van der Waals surface area contributed by atoms with E-state index < -0.39 is 17.4 Å². The van der Waals surface area contributed by atoms with Crippen LogP contribution in [-0.2, 0) is 52.4 Å². The molecule has 0 fully saturated rings. The van der Waals surface area contributed by atoms with Crippen molar-refractivity contribution < 1.29 is 57.5 Å². The fraction of sp³-hybridized carbons (Fsp3) is 0.694. The van der Waals surface area contributed by atoms with E-state index in [0.717, 1.165) is 0 Å². The Morgan fingerprint density at radius 1 is 0.481 bits per heavy atom. The van der Waals surface area contributed by atoms with Gasteiger partial charge in [0.2, 0.25) is 23.6 Å². The fourth-order valence-corrected chi connectivity index (χ4v) is 4.49. The molecule has 0 aliphatic heterocycles. The van der Waals surface area contributed by atoms with Crippen LogP contribution >= 0.6 is 0 Å². The first-order chi connectivity index (χ1) is 25.2. The SMILES string of the molecule is C#CCOCCOCCNC(=O)CCC(CCC(=O)NCCOCCOCC#C)(CCC(=O)NCCOCCOCC#C)NC(=O)CCCC(=O)O. The topological polar surface area (TPSA) is 209 Å². The zero-order chi connectivity index (χ0) is 38.5. The van der Waals surface area contributed by atoms with Crippen molar-refractivity contribution in [3.63, 3.8) is 0 Å². The molecule has 0 aliphatic carbocycles. The fourth-order valence-electron chi connectivity index (χ4n) is 4.49. The van der Waals surface area contributed by atoms with Gasteiger partial charge in [0, 0.05) is 57.3 Å². The van der Waals surface area contributed by atoms with Crippen LogP contribution in [0.4, 0.5) is 0 Å². The lowest BCUT2D eigenvalue weighted by Crippen LogP contribution is -2.50. The molecule has 292 valence electrons. The second-order valence-electron chi connectivity index (χ2n) is 11.2. The lowest BCUT2D eigenvalue weighted by atomic mass is 9.83. The lowest BCUT2D eigenvalue weighted by Gasteiger charge is -2.35. The van der Waals surface area contributed by atoms with Crippen molar-refractivity contribution in [3.8, 4) is 37.0 Å². The van der Waals surface area contributed by atoms with Gasteiger partial charge in [-0.3, -0.25) is 24.0 Å². The normalized spacial score (nSPS) is 10.7. The van der Waals surface area contributed by atoms with Crippen molar-refractivity contribution in [1.82, 2.24) is 21.3 Å². The Kier molecular flexibility index (Phi) is 31.2. The summed E-state index contributed by atoms with van der Waals surface area (Å²) in [5.74, 6) is 4.60. The number of rotatable bonds is 35. The molecular formula is C36H56N4O12. The van der Waals surface area contributed by atoms with Crippen LogP contribution in [0.2, 0.25) is 0 Å². The Morgan fingerprint density at radius 2 is 0.827 bits per heavy atom. The predicted molar refractivity (Wildman–Crippen MR) is 191 cm³/mol. The van der Waals surface area contributed by atoms with Gasteiger partial charge in [0.1, 0.15) is 19.8 Å². The number of carbonyl (C=O) groups is 5.